The quantitative estimate of drug-likeness (QED) is 0.504. The van der Waals surface area contributed by atoms with E-state index in [0.717, 1.165) is 5.56 Å². The molecule has 23 heavy (non-hydrogen) atoms. The number of hydrogen-bond donors (Lipinski definition) is 1. The third-order valence-electron chi connectivity index (χ3n) is 3.61. The summed E-state index contributed by atoms with van der Waals surface area (Å²) in [6.45, 7) is 3.48. The van der Waals surface area contributed by atoms with Gasteiger partial charge < -0.3 is 19.7 Å². The van der Waals surface area contributed by atoms with E-state index >= 15 is 0 Å². The number of hydrogen-bond acceptors (Lipinski definition) is 6. The molecular weight excluding hydrogens is 300 g/mol. The molecule has 120 valence electrons. The maximum absolute atomic E-state index is 12.2. The van der Waals surface area contributed by atoms with Crippen molar-refractivity contribution in [3.05, 3.63) is 41.1 Å². The lowest BCUT2D eigenvalue weighted by atomic mass is 10.1. The Morgan fingerprint density at radius 3 is 2.48 bits per heavy atom. The Morgan fingerprint density at radius 2 is 1.83 bits per heavy atom. The second-order valence-electron chi connectivity index (χ2n) is 5.88. The number of benzene rings is 1. The minimum Gasteiger partial charge on any atom is -0.419 e. The molecule has 7 nitrogen and oxygen atoms in total. The van der Waals surface area contributed by atoms with Gasteiger partial charge in [0.2, 0.25) is 0 Å². The molecule has 0 unspecified atom stereocenters. The largest absolute Gasteiger partial charge is 0.419 e. The minimum atomic E-state index is -1.28. The van der Waals surface area contributed by atoms with E-state index in [9.17, 15) is 14.4 Å². The van der Waals surface area contributed by atoms with E-state index in [1.165, 1.54) is 20.0 Å². The van der Waals surface area contributed by atoms with Gasteiger partial charge in [-0.05, 0) is 11.6 Å². The summed E-state index contributed by atoms with van der Waals surface area (Å²) >= 11 is 0. The maximum Gasteiger partial charge on any atom is 0.350 e. The van der Waals surface area contributed by atoms with Crippen LogP contribution in [0.3, 0.4) is 0 Å². The molecule has 1 N–H and O–H groups in total. The highest BCUT2D eigenvalue weighted by Gasteiger charge is 2.39. The van der Waals surface area contributed by atoms with Gasteiger partial charge in [0, 0.05) is 33.6 Å². The summed E-state index contributed by atoms with van der Waals surface area (Å²) in [6, 6.07) is 5.36. The summed E-state index contributed by atoms with van der Waals surface area (Å²) in [4.78, 5) is 37.5. The average molecular weight is 316 g/mol. The van der Waals surface area contributed by atoms with E-state index in [1.807, 2.05) is 6.07 Å². The summed E-state index contributed by atoms with van der Waals surface area (Å²) in [5, 5.41) is 2.84. The van der Waals surface area contributed by atoms with Gasteiger partial charge >= 0.3 is 11.9 Å². The number of fused-ring (bicyclic) bond motifs is 1. The molecular formula is C16H16N2O5. The van der Waals surface area contributed by atoms with Crippen molar-refractivity contribution in [2.75, 3.05) is 12.4 Å². The third-order valence-corrected chi connectivity index (χ3v) is 3.61. The zero-order valence-electron chi connectivity index (χ0n) is 13.0. The first kappa shape index (κ1) is 15.1. The van der Waals surface area contributed by atoms with Crippen LogP contribution < -0.4 is 5.32 Å². The van der Waals surface area contributed by atoms with Crippen LogP contribution in [0.15, 0.2) is 30.0 Å². The number of esters is 2. The van der Waals surface area contributed by atoms with Gasteiger partial charge in [-0.2, -0.15) is 0 Å². The van der Waals surface area contributed by atoms with Crippen LogP contribution in [0.25, 0.3) is 0 Å². The first-order chi connectivity index (χ1) is 10.8. The zero-order valence-corrected chi connectivity index (χ0v) is 13.0. The first-order valence-corrected chi connectivity index (χ1v) is 7.09. The Morgan fingerprint density at radius 1 is 1.17 bits per heavy atom. The topological polar surface area (TPSA) is 84.9 Å². The number of anilines is 1. The maximum atomic E-state index is 12.2. The highest BCUT2D eigenvalue weighted by atomic mass is 16.7. The van der Waals surface area contributed by atoms with Crippen molar-refractivity contribution in [2.24, 2.45) is 0 Å². The molecule has 0 aliphatic carbocycles. The fourth-order valence-corrected chi connectivity index (χ4v) is 2.55. The molecule has 1 aromatic carbocycles. The number of carbonyl (C=O) groups is 3. The van der Waals surface area contributed by atoms with Crippen LogP contribution in [-0.4, -0.2) is 35.6 Å². The smallest absolute Gasteiger partial charge is 0.350 e. The summed E-state index contributed by atoms with van der Waals surface area (Å²) in [5.74, 6) is -2.93. The Bertz CT molecular complexity index is 729. The number of nitrogens with zero attached hydrogens (tertiary/aromatic N) is 1. The van der Waals surface area contributed by atoms with E-state index < -0.39 is 17.7 Å². The second-order valence-corrected chi connectivity index (χ2v) is 5.88. The fourth-order valence-electron chi connectivity index (χ4n) is 2.55. The molecule has 2 aliphatic rings. The number of nitrogens with one attached hydrogen (secondary N) is 1. The summed E-state index contributed by atoms with van der Waals surface area (Å²) < 4.78 is 10.0. The normalized spacial score (nSPS) is 19.2. The first-order valence-electron chi connectivity index (χ1n) is 7.09. The molecule has 0 atom stereocenters. The third kappa shape index (κ3) is 2.65. The molecule has 1 amide bonds. The second kappa shape index (κ2) is 5.12. The Hall–Kier alpha value is -2.83. The van der Waals surface area contributed by atoms with Crippen LogP contribution in [-0.2, 0) is 25.6 Å². The van der Waals surface area contributed by atoms with Crippen molar-refractivity contribution in [1.82, 2.24) is 4.90 Å². The number of carbonyl (C=O) groups excluding carboxylic acids is 3. The highest BCUT2D eigenvalue weighted by Crippen LogP contribution is 2.29. The summed E-state index contributed by atoms with van der Waals surface area (Å²) in [5.41, 5.74) is 1.69. The van der Waals surface area contributed by atoms with Crippen LogP contribution in [0.2, 0.25) is 0 Å². The predicted octanol–water partition coefficient (Wildman–Crippen LogP) is 1.40. The zero-order chi connectivity index (χ0) is 16.8. The van der Waals surface area contributed by atoms with Gasteiger partial charge in [-0.1, -0.05) is 12.1 Å². The van der Waals surface area contributed by atoms with Crippen LogP contribution >= 0.6 is 0 Å². The molecule has 0 radical (unpaired) electrons. The SMILES string of the molecule is CN1Cc2cccc(NC=C3C(=O)OC(C)(C)OC3=O)c2C1=O. The lowest BCUT2D eigenvalue weighted by molar-refractivity contribution is -0.222. The number of rotatable bonds is 2. The Labute approximate surface area is 132 Å². The van der Waals surface area contributed by atoms with Crippen molar-refractivity contribution in [3.8, 4) is 0 Å². The molecule has 3 rings (SSSR count). The fraction of sp³-hybridized carbons (Fsp3) is 0.312. The van der Waals surface area contributed by atoms with E-state index in [0.29, 0.717) is 17.8 Å². The Balaban J connectivity index is 1.88. The molecule has 0 saturated carbocycles. The molecule has 0 spiro atoms. The minimum absolute atomic E-state index is 0.114. The summed E-state index contributed by atoms with van der Waals surface area (Å²) in [7, 11) is 1.71. The molecule has 7 heteroatoms. The number of amides is 1. The van der Waals surface area contributed by atoms with Crippen LogP contribution in [0.1, 0.15) is 29.8 Å². The number of cyclic esters (lactones) is 2. The van der Waals surface area contributed by atoms with Crippen LogP contribution in [0.4, 0.5) is 5.69 Å². The van der Waals surface area contributed by atoms with E-state index in [2.05, 4.69) is 5.32 Å². The van der Waals surface area contributed by atoms with E-state index in [1.54, 1.807) is 24.1 Å². The molecule has 2 heterocycles. The van der Waals surface area contributed by atoms with Gasteiger partial charge in [-0.25, -0.2) is 9.59 Å². The predicted molar refractivity (Wildman–Crippen MR) is 80.2 cm³/mol. The summed E-state index contributed by atoms with van der Waals surface area (Å²) in [6.07, 6.45) is 1.21. The van der Waals surface area contributed by atoms with E-state index in [4.69, 9.17) is 9.47 Å². The standard InChI is InChI=1S/C16H16N2O5/c1-16(2)22-14(20)10(15(21)23-16)7-17-11-6-4-5-9-8-18(3)13(19)12(9)11/h4-7,17H,8H2,1-3H3. The van der Waals surface area contributed by atoms with Gasteiger partial charge in [0.15, 0.2) is 5.57 Å². The molecule has 1 fully saturated rings. The molecule has 1 saturated heterocycles. The molecule has 2 aliphatic heterocycles. The van der Waals surface area contributed by atoms with Crippen molar-refractivity contribution in [1.29, 1.82) is 0 Å². The monoisotopic (exact) mass is 316 g/mol. The lowest BCUT2D eigenvalue weighted by Crippen LogP contribution is -2.42. The van der Waals surface area contributed by atoms with Gasteiger partial charge in [0.05, 0.1) is 11.3 Å². The van der Waals surface area contributed by atoms with Gasteiger partial charge in [0.25, 0.3) is 11.7 Å². The lowest BCUT2D eigenvalue weighted by Gasteiger charge is -2.29. The average Bonchev–Trinajstić information content (AvgIpc) is 2.72. The van der Waals surface area contributed by atoms with Crippen LogP contribution in [0, 0.1) is 0 Å². The number of ether oxygens (including phenoxy) is 2. The molecule has 0 bridgehead atoms. The van der Waals surface area contributed by atoms with Crippen molar-refractivity contribution in [3.63, 3.8) is 0 Å². The van der Waals surface area contributed by atoms with Gasteiger partial charge in [-0.15, -0.1) is 0 Å². The van der Waals surface area contributed by atoms with Crippen LogP contribution in [0.5, 0.6) is 0 Å². The van der Waals surface area contributed by atoms with Gasteiger partial charge in [0.1, 0.15) is 0 Å². The Kier molecular flexibility index (Phi) is 3.35. The van der Waals surface area contributed by atoms with Crippen molar-refractivity contribution in [2.45, 2.75) is 26.2 Å². The van der Waals surface area contributed by atoms with E-state index in [-0.39, 0.29) is 11.5 Å². The molecule has 1 aromatic rings. The van der Waals surface area contributed by atoms with Crippen molar-refractivity contribution >= 4 is 23.5 Å². The molecule has 0 aromatic heterocycles. The van der Waals surface area contributed by atoms with Crippen molar-refractivity contribution < 1.29 is 23.9 Å². The van der Waals surface area contributed by atoms with Gasteiger partial charge in [-0.3, -0.25) is 4.79 Å². The highest BCUT2D eigenvalue weighted by molar-refractivity contribution is 6.15.